The molecule has 0 saturated carbocycles. The normalized spacial score (nSPS) is 14.5. The summed E-state index contributed by atoms with van der Waals surface area (Å²) in [4.78, 5) is 48.2. The molecule has 0 unspecified atom stereocenters. The van der Waals surface area contributed by atoms with Crippen molar-refractivity contribution in [2.45, 2.75) is 6.92 Å². The number of nitro groups is 1. The highest BCUT2D eigenvalue weighted by atomic mass is 35.5. The molecule has 1 aliphatic rings. The fourth-order valence-corrected chi connectivity index (χ4v) is 3.91. The average molecular weight is 493 g/mol. The molecule has 1 fully saturated rings. The molecule has 172 valence electrons. The molecule has 3 rings (SSSR count). The number of halogens is 1. The van der Waals surface area contributed by atoms with Crippen LogP contribution < -0.4 is 14.2 Å². The van der Waals surface area contributed by atoms with Crippen molar-refractivity contribution in [2.24, 2.45) is 0 Å². The van der Waals surface area contributed by atoms with E-state index in [1.165, 1.54) is 25.3 Å². The molecule has 10 nitrogen and oxygen atoms in total. The lowest BCUT2D eigenvalue weighted by atomic mass is 10.1. The largest absolute Gasteiger partial charge is 0.492 e. The number of ether oxygens (including phenoxy) is 3. The van der Waals surface area contributed by atoms with Gasteiger partial charge in [0.2, 0.25) is 11.5 Å². The fourth-order valence-electron chi connectivity index (χ4n) is 2.93. The van der Waals surface area contributed by atoms with Crippen molar-refractivity contribution >= 4 is 52.2 Å². The van der Waals surface area contributed by atoms with Crippen molar-refractivity contribution < 1.29 is 33.5 Å². The predicted molar refractivity (Wildman–Crippen MR) is 121 cm³/mol. The highest BCUT2D eigenvalue weighted by molar-refractivity contribution is 8.18. The minimum absolute atomic E-state index is 0.00725. The van der Waals surface area contributed by atoms with Crippen molar-refractivity contribution in [3.05, 3.63) is 62.0 Å². The fraction of sp³-hybridized carbons (Fsp3) is 0.190. The number of nitrogens with zero attached hydrogens (tertiary/aromatic N) is 2. The van der Waals surface area contributed by atoms with Gasteiger partial charge in [0.15, 0.2) is 0 Å². The smallest absolute Gasteiger partial charge is 0.353 e. The number of thioether (sulfide) groups is 1. The van der Waals surface area contributed by atoms with Crippen LogP contribution in [0.2, 0.25) is 5.02 Å². The Balaban J connectivity index is 1.80. The molecular weight excluding hydrogens is 476 g/mol. The Kier molecular flexibility index (Phi) is 7.56. The number of methoxy groups -OCH3 is 1. The first-order valence-electron chi connectivity index (χ1n) is 9.38. The van der Waals surface area contributed by atoms with Crippen LogP contribution in [0, 0.1) is 10.1 Å². The van der Waals surface area contributed by atoms with E-state index in [-0.39, 0.29) is 35.1 Å². The van der Waals surface area contributed by atoms with E-state index >= 15 is 0 Å². The number of benzene rings is 2. The van der Waals surface area contributed by atoms with Gasteiger partial charge in [-0.25, -0.2) is 0 Å². The van der Waals surface area contributed by atoms with Gasteiger partial charge in [-0.05, 0) is 54.2 Å². The maximum Gasteiger partial charge on any atom is 0.353 e. The molecule has 0 radical (unpaired) electrons. The molecule has 1 saturated heterocycles. The lowest BCUT2D eigenvalue weighted by Gasteiger charge is -2.13. The molecule has 0 N–H and O–H groups in total. The van der Waals surface area contributed by atoms with E-state index in [2.05, 4.69) is 0 Å². The Labute approximate surface area is 197 Å². The van der Waals surface area contributed by atoms with Crippen LogP contribution in [-0.4, -0.2) is 47.2 Å². The SMILES string of the molecule is COc1c(/C=C2\SC(=O)N(CCOc3ccc(Cl)cc3)C2=O)ccc(OC(C)=O)c1[N+](=O)[O-]. The highest BCUT2D eigenvalue weighted by Crippen LogP contribution is 2.42. The summed E-state index contributed by atoms with van der Waals surface area (Å²) in [6.45, 7) is 1.18. The molecule has 2 amide bonds. The van der Waals surface area contributed by atoms with Crippen molar-refractivity contribution in [3.8, 4) is 17.2 Å². The zero-order valence-corrected chi connectivity index (χ0v) is 19.0. The molecule has 1 heterocycles. The quantitative estimate of drug-likeness (QED) is 0.174. The third-order valence-corrected chi connectivity index (χ3v) is 5.48. The number of amides is 2. The third kappa shape index (κ3) is 5.62. The number of imide groups is 1. The van der Waals surface area contributed by atoms with Crippen LogP contribution in [0.3, 0.4) is 0 Å². The Bertz CT molecular complexity index is 1150. The summed E-state index contributed by atoms with van der Waals surface area (Å²) in [5.41, 5.74) is -0.403. The summed E-state index contributed by atoms with van der Waals surface area (Å²) in [5.74, 6) is -1.29. The Morgan fingerprint density at radius 2 is 1.91 bits per heavy atom. The predicted octanol–water partition coefficient (Wildman–Crippen LogP) is 4.30. The van der Waals surface area contributed by atoms with E-state index in [0.717, 1.165) is 11.8 Å². The van der Waals surface area contributed by atoms with Crippen molar-refractivity contribution in [3.63, 3.8) is 0 Å². The summed E-state index contributed by atoms with van der Waals surface area (Å²) in [6.07, 6.45) is 1.31. The van der Waals surface area contributed by atoms with Gasteiger partial charge in [-0.15, -0.1) is 0 Å². The van der Waals surface area contributed by atoms with Crippen LogP contribution in [-0.2, 0) is 9.59 Å². The number of rotatable bonds is 8. The topological polar surface area (TPSA) is 125 Å². The van der Waals surface area contributed by atoms with Crippen LogP contribution in [0.15, 0.2) is 41.3 Å². The van der Waals surface area contributed by atoms with E-state index < -0.39 is 27.7 Å². The Morgan fingerprint density at radius 3 is 2.52 bits per heavy atom. The average Bonchev–Trinajstić information content (AvgIpc) is 3.02. The van der Waals surface area contributed by atoms with Gasteiger partial charge in [-0.1, -0.05) is 11.6 Å². The summed E-state index contributed by atoms with van der Waals surface area (Å²) in [6, 6.07) is 9.24. The number of carbonyl (C=O) groups is 3. The second-order valence-corrected chi connectivity index (χ2v) is 7.95. The molecule has 0 spiro atoms. The van der Waals surface area contributed by atoms with E-state index in [1.54, 1.807) is 24.3 Å². The first-order chi connectivity index (χ1) is 15.7. The van der Waals surface area contributed by atoms with Gasteiger partial charge in [0.05, 0.1) is 23.5 Å². The van der Waals surface area contributed by atoms with E-state index in [0.29, 0.717) is 22.5 Å². The monoisotopic (exact) mass is 492 g/mol. The van der Waals surface area contributed by atoms with Gasteiger partial charge in [-0.3, -0.25) is 29.4 Å². The molecule has 2 aromatic carbocycles. The van der Waals surface area contributed by atoms with Crippen LogP contribution in [0.25, 0.3) is 6.08 Å². The van der Waals surface area contributed by atoms with Gasteiger partial charge in [-0.2, -0.15) is 0 Å². The maximum atomic E-state index is 12.7. The molecule has 0 aromatic heterocycles. The molecule has 0 aliphatic carbocycles. The minimum Gasteiger partial charge on any atom is -0.492 e. The molecule has 12 heteroatoms. The van der Waals surface area contributed by atoms with E-state index in [4.69, 9.17) is 25.8 Å². The highest BCUT2D eigenvalue weighted by Gasteiger charge is 2.36. The van der Waals surface area contributed by atoms with Gasteiger partial charge in [0, 0.05) is 17.5 Å². The van der Waals surface area contributed by atoms with E-state index in [9.17, 15) is 24.5 Å². The zero-order valence-electron chi connectivity index (χ0n) is 17.4. The molecule has 0 bridgehead atoms. The lowest BCUT2D eigenvalue weighted by Crippen LogP contribution is -2.32. The molecule has 1 aliphatic heterocycles. The summed E-state index contributed by atoms with van der Waals surface area (Å²) >= 11 is 6.51. The van der Waals surface area contributed by atoms with Gasteiger partial charge < -0.3 is 14.2 Å². The Morgan fingerprint density at radius 1 is 1.21 bits per heavy atom. The minimum atomic E-state index is -0.756. The van der Waals surface area contributed by atoms with Gasteiger partial charge in [0.25, 0.3) is 11.1 Å². The van der Waals surface area contributed by atoms with Crippen LogP contribution in [0.4, 0.5) is 10.5 Å². The number of esters is 1. The molecule has 2 aromatic rings. The second-order valence-electron chi connectivity index (χ2n) is 6.52. The van der Waals surface area contributed by atoms with Crippen LogP contribution in [0.1, 0.15) is 12.5 Å². The van der Waals surface area contributed by atoms with Crippen molar-refractivity contribution in [1.29, 1.82) is 0 Å². The van der Waals surface area contributed by atoms with Crippen LogP contribution in [0.5, 0.6) is 17.2 Å². The molecule has 33 heavy (non-hydrogen) atoms. The first kappa shape index (κ1) is 24.1. The van der Waals surface area contributed by atoms with Crippen molar-refractivity contribution in [1.82, 2.24) is 4.90 Å². The zero-order chi connectivity index (χ0) is 24.1. The number of hydrogen-bond acceptors (Lipinski definition) is 9. The standard InChI is InChI=1S/C21H17ClN2O8S/c1-12(25)32-16-8-3-13(19(30-2)18(16)24(28)29)11-17-20(26)23(21(27)33-17)9-10-31-15-6-4-14(22)5-7-15/h3-8,11H,9-10H2,1-2H3/b17-11-. The lowest BCUT2D eigenvalue weighted by molar-refractivity contribution is -0.386. The van der Waals surface area contributed by atoms with Crippen molar-refractivity contribution in [2.75, 3.05) is 20.3 Å². The maximum absolute atomic E-state index is 12.7. The number of hydrogen-bond donors (Lipinski definition) is 0. The summed E-state index contributed by atoms with van der Waals surface area (Å²) in [7, 11) is 1.21. The number of carbonyl (C=O) groups excluding carboxylic acids is 3. The van der Waals surface area contributed by atoms with E-state index in [1.807, 2.05) is 0 Å². The molecular formula is C21H17ClN2O8S. The van der Waals surface area contributed by atoms with Crippen LogP contribution >= 0.6 is 23.4 Å². The summed E-state index contributed by atoms with van der Waals surface area (Å²) < 4.78 is 15.6. The third-order valence-electron chi connectivity index (χ3n) is 4.32. The van der Waals surface area contributed by atoms with Gasteiger partial charge in [0.1, 0.15) is 12.4 Å². The van der Waals surface area contributed by atoms with Gasteiger partial charge >= 0.3 is 11.7 Å². The Hall–Kier alpha value is -3.57. The second kappa shape index (κ2) is 10.4. The number of nitro benzene ring substituents is 1. The first-order valence-corrected chi connectivity index (χ1v) is 10.6. The summed E-state index contributed by atoms with van der Waals surface area (Å²) in [5, 5.41) is 11.6. The molecule has 0 atom stereocenters.